The Morgan fingerprint density at radius 3 is 2.92 bits per heavy atom. The molecule has 4 rings (SSSR count). The van der Waals surface area contributed by atoms with Crippen molar-refractivity contribution in [1.29, 1.82) is 0 Å². The number of halogens is 1. The number of nitrogens with zero attached hydrogens (tertiary/aromatic N) is 4. The maximum absolute atomic E-state index is 13.0. The third kappa shape index (κ3) is 3.38. The minimum atomic E-state index is -0.260. The average Bonchev–Trinajstić information content (AvgIpc) is 3.25. The number of carbonyl (C=O) groups excluding carboxylic acids is 1. The lowest BCUT2D eigenvalue weighted by atomic mass is 10.2. The summed E-state index contributed by atoms with van der Waals surface area (Å²) in [7, 11) is 0. The molecule has 26 heavy (non-hydrogen) atoms. The average molecular weight is 429 g/mol. The fourth-order valence-electron chi connectivity index (χ4n) is 2.51. The quantitative estimate of drug-likeness (QED) is 0.474. The number of carbonyl (C=O) groups is 1. The van der Waals surface area contributed by atoms with E-state index in [2.05, 4.69) is 31.1 Å². The number of aromatic nitrogens is 3. The van der Waals surface area contributed by atoms with Gasteiger partial charge in [0.2, 0.25) is 0 Å². The van der Waals surface area contributed by atoms with Gasteiger partial charge in [-0.15, -0.1) is 0 Å². The van der Waals surface area contributed by atoms with Gasteiger partial charge in [0.15, 0.2) is 10.8 Å². The second-order valence-corrected chi connectivity index (χ2v) is 7.61. The molecule has 1 amide bonds. The van der Waals surface area contributed by atoms with E-state index < -0.39 is 0 Å². The Bertz CT molecular complexity index is 1080. The molecule has 0 saturated heterocycles. The van der Waals surface area contributed by atoms with Crippen LogP contribution in [-0.2, 0) is 6.54 Å². The van der Waals surface area contributed by atoms with E-state index in [9.17, 15) is 4.79 Å². The number of hydrogen-bond donors (Lipinski definition) is 0. The van der Waals surface area contributed by atoms with Gasteiger partial charge in [0.25, 0.3) is 5.91 Å². The Morgan fingerprint density at radius 1 is 1.31 bits per heavy atom. The molecule has 0 aliphatic rings. The highest BCUT2D eigenvalue weighted by Gasteiger charge is 2.24. The molecule has 0 radical (unpaired) electrons. The van der Waals surface area contributed by atoms with E-state index >= 15 is 0 Å². The van der Waals surface area contributed by atoms with Crippen molar-refractivity contribution in [1.82, 2.24) is 15.1 Å². The maximum Gasteiger partial charge on any atom is 0.282 e. The molecule has 6 nitrogen and oxygen atoms in total. The summed E-state index contributed by atoms with van der Waals surface area (Å²) in [6, 6.07) is 11.2. The number of thiazole rings is 1. The molecule has 0 bridgehead atoms. The molecule has 8 heteroatoms. The topological polar surface area (TPSA) is 72.1 Å². The summed E-state index contributed by atoms with van der Waals surface area (Å²) < 4.78 is 7.03. The van der Waals surface area contributed by atoms with Gasteiger partial charge >= 0.3 is 0 Å². The molecule has 0 aliphatic carbocycles. The summed E-state index contributed by atoms with van der Waals surface area (Å²) in [5, 5.41) is 4.46. The molecule has 3 heterocycles. The molecule has 0 spiro atoms. The molecule has 4 aromatic rings. The van der Waals surface area contributed by atoms with Crippen LogP contribution in [0.15, 0.2) is 57.8 Å². The van der Waals surface area contributed by atoms with Crippen LogP contribution in [0.4, 0.5) is 5.13 Å². The fraction of sp³-hybridized carbons (Fsp3) is 0.111. The van der Waals surface area contributed by atoms with E-state index in [0.29, 0.717) is 17.4 Å². The van der Waals surface area contributed by atoms with Crippen molar-refractivity contribution in [2.45, 2.75) is 13.5 Å². The van der Waals surface area contributed by atoms with Crippen LogP contribution in [0.25, 0.3) is 10.2 Å². The minimum absolute atomic E-state index is 0.256. The van der Waals surface area contributed by atoms with Crippen molar-refractivity contribution < 1.29 is 9.32 Å². The highest BCUT2D eigenvalue weighted by molar-refractivity contribution is 9.10. The number of benzene rings is 1. The predicted molar refractivity (Wildman–Crippen MR) is 103 cm³/mol. The smallest absolute Gasteiger partial charge is 0.282 e. The van der Waals surface area contributed by atoms with Crippen molar-refractivity contribution in [3.05, 3.63) is 70.3 Å². The van der Waals surface area contributed by atoms with Crippen molar-refractivity contribution in [2.75, 3.05) is 4.90 Å². The SMILES string of the molecule is Cc1cc(C(=O)N(Cc2cccnc2)c2nc3ccc(Br)cc3s2)no1. The molecule has 130 valence electrons. The van der Waals surface area contributed by atoms with Gasteiger partial charge in [0.05, 0.1) is 16.8 Å². The number of pyridine rings is 1. The van der Waals surface area contributed by atoms with Gasteiger partial charge in [-0.1, -0.05) is 38.5 Å². The van der Waals surface area contributed by atoms with Crippen LogP contribution in [0.2, 0.25) is 0 Å². The number of rotatable bonds is 4. The van der Waals surface area contributed by atoms with Crippen LogP contribution in [0.5, 0.6) is 0 Å². The molecular weight excluding hydrogens is 416 g/mol. The molecule has 0 unspecified atom stereocenters. The summed E-state index contributed by atoms with van der Waals surface area (Å²) in [6.45, 7) is 2.10. The fourth-order valence-corrected chi connectivity index (χ4v) is 4.02. The summed E-state index contributed by atoms with van der Waals surface area (Å²) in [4.78, 5) is 23.4. The van der Waals surface area contributed by atoms with Gasteiger partial charge in [-0.3, -0.25) is 14.7 Å². The highest BCUT2D eigenvalue weighted by Crippen LogP contribution is 2.32. The van der Waals surface area contributed by atoms with E-state index in [1.807, 2.05) is 30.3 Å². The Balaban J connectivity index is 1.76. The van der Waals surface area contributed by atoms with E-state index in [1.54, 1.807) is 30.3 Å². The number of aryl methyl sites for hydroxylation is 1. The zero-order valence-corrected chi connectivity index (χ0v) is 16.1. The first-order chi connectivity index (χ1) is 12.6. The maximum atomic E-state index is 13.0. The van der Waals surface area contributed by atoms with Crippen LogP contribution >= 0.6 is 27.3 Å². The Kier molecular flexibility index (Phi) is 4.52. The second-order valence-electron chi connectivity index (χ2n) is 5.68. The molecule has 0 saturated carbocycles. The lowest BCUT2D eigenvalue weighted by Gasteiger charge is -2.18. The first kappa shape index (κ1) is 16.9. The lowest BCUT2D eigenvalue weighted by Crippen LogP contribution is -2.30. The normalized spacial score (nSPS) is 11.0. The van der Waals surface area contributed by atoms with Gasteiger partial charge in [-0.25, -0.2) is 4.98 Å². The van der Waals surface area contributed by atoms with Crippen molar-refractivity contribution in [3.63, 3.8) is 0 Å². The standard InChI is InChI=1S/C18H13BrN4O2S/c1-11-7-15(22-25-11)17(24)23(10-12-3-2-6-20-9-12)18-21-14-5-4-13(19)8-16(14)26-18/h2-9H,10H2,1H3. The number of anilines is 1. The van der Waals surface area contributed by atoms with E-state index in [0.717, 1.165) is 20.3 Å². The Labute approximate surface area is 161 Å². The van der Waals surface area contributed by atoms with E-state index in [-0.39, 0.29) is 11.6 Å². The minimum Gasteiger partial charge on any atom is -0.361 e. The predicted octanol–water partition coefficient (Wildman–Crippen LogP) is 4.60. The number of fused-ring (bicyclic) bond motifs is 1. The largest absolute Gasteiger partial charge is 0.361 e. The monoisotopic (exact) mass is 428 g/mol. The highest BCUT2D eigenvalue weighted by atomic mass is 79.9. The summed E-state index contributed by atoms with van der Waals surface area (Å²) in [5.41, 5.74) is 2.00. The van der Waals surface area contributed by atoms with Crippen LogP contribution in [0.1, 0.15) is 21.8 Å². The van der Waals surface area contributed by atoms with Crippen LogP contribution in [-0.4, -0.2) is 21.0 Å². The van der Waals surface area contributed by atoms with Crippen molar-refractivity contribution in [2.24, 2.45) is 0 Å². The zero-order valence-electron chi connectivity index (χ0n) is 13.7. The van der Waals surface area contributed by atoms with Crippen LogP contribution in [0.3, 0.4) is 0 Å². The zero-order chi connectivity index (χ0) is 18.1. The number of amides is 1. The summed E-state index contributed by atoms with van der Waals surface area (Å²) in [6.07, 6.45) is 3.43. The Morgan fingerprint density at radius 2 is 2.19 bits per heavy atom. The van der Waals surface area contributed by atoms with Crippen molar-refractivity contribution >= 4 is 48.5 Å². The third-order valence-electron chi connectivity index (χ3n) is 3.73. The third-order valence-corrected chi connectivity index (χ3v) is 5.26. The van der Waals surface area contributed by atoms with Crippen molar-refractivity contribution in [3.8, 4) is 0 Å². The lowest BCUT2D eigenvalue weighted by molar-refractivity contribution is 0.0976. The first-order valence-corrected chi connectivity index (χ1v) is 9.41. The van der Waals surface area contributed by atoms with Crippen LogP contribution in [0, 0.1) is 6.92 Å². The van der Waals surface area contributed by atoms with Gasteiger partial charge in [0.1, 0.15) is 5.76 Å². The van der Waals surface area contributed by atoms with E-state index in [4.69, 9.17) is 4.52 Å². The van der Waals surface area contributed by atoms with Gasteiger partial charge in [-0.2, -0.15) is 0 Å². The molecule has 0 fully saturated rings. The van der Waals surface area contributed by atoms with E-state index in [1.165, 1.54) is 11.3 Å². The molecule has 0 N–H and O–H groups in total. The molecule has 0 atom stereocenters. The summed E-state index contributed by atoms with van der Waals surface area (Å²) in [5.74, 6) is 0.326. The molecule has 3 aromatic heterocycles. The molecule has 1 aromatic carbocycles. The second kappa shape index (κ2) is 6.97. The van der Waals surface area contributed by atoms with Gasteiger partial charge in [0, 0.05) is 22.9 Å². The Hall–Kier alpha value is -2.58. The van der Waals surface area contributed by atoms with Crippen LogP contribution < -0.4 is 4.90 Å². The summed E-state index contributed by atoms with van der Waals surface area (Å²) >= 11 is 4.92. The number of hydrogen-bond acceptors (Lipinski definition) is 6. The molecular formula is C18H13BrN4O2S. The van der Waals surface area contributed by atoms with Gasteiger partial charge < -0.3 is 4.52 Å². The van der Waals surface area contributed by atoms with Gasteiger partial charge in [-0.05, 0) is 36.8 Å². The first-order valence-electron chi connectivity index (χ1n) is 7.80. The molecule has 0 aliphatic heterocycles.